The van der Waals surface area contributed by atoms with Crippen LogP contribution in [0.1, 0.15) is 11.7 Å². The van der Waals surface area contributed by atoms with Gasteiger partial charge in [-0.3, -0.25) is 0 Å². The Labute approximate surface area is 101 Å². The fraction of sp³-hybridized carbons (Fsp3) is 0.200. The van der Waals surface area contributed by atoms with E-state index in [-0.39, 0.29) is 11.7 Å². The molecule has 0 fully saturated rings. The molecule has 2 rings (SSSR count). The van der Waals surface area contributed by atoms with Crippen LogP contribution in [-0.4, -0.2) is 10.1 Å². The third kappa shape index (κ3) is 2.96. The predicted molar refractivity (Wildman–Crippen MR) is 59.8 cm³/mol. The highest BCUT2D eigenvalue weighted by molar-refractivity contribution is 7.98. The summed E-state index contributed by atoms with van der Waals surface area (Å²) in [5, 5.41) is 3.74. The molecule has 0 amide bonds. The first kappa shape index (κ1) is 11.4. The van der Waals surface area contributed by atoms with Crippen LogP contribution in [0.4, 0.5) is 4.39 Å². The molecule has 0 unspecified atom stereocenters. The second-order valence-corrected chi connectivity index (χ2v) is 4.30. The zero-order chi connectivity index (χ0) is 11.4. The van der Waals surface area contributed by atoms with Gasteiger partial charge in [-0.2, -0.15) is 4.98 Å². The summed E-state index contributed by atoms with van der Waals surface area (Å²) in [6.45, 7) is 0. The van der Waals surface area contributed by atoms with Crippen molar-refractivity contribution < 1.29 is 8.91 Å². The van der Waals surface area contributed by atoms with E-state index in [1.54, 1.807) is 6.07 Å². The van der Waals surface area contributed by atoms with E-state index in [1.807, 2.05) is 6.07 Å². The first-order valence-corrected chi connectivity index (χ1v) is 6.06. The SMILES string of the molecule is Fc1cccc(SCc2noc(CCl)n2)c1. The zero-order valence-corrected chi connectivity index (χ0v) is 9.76. The molecule has 0 aliphatic rings. The maximum atomic E-state index is 12.9. The highest BCUT2D eigenvalue weighted by Crippen LogP contribution is 2.22. The summed E-state index contributed by atoms with van der Waals surface area (Å²) in [6.07, 6.45) is 0. The zero-order valence-electron chi connectivity index (χ0n) is 8.19. The average Bonchev–Trinajstić information content (AvgIpc) is 2.74. The highest BCUT2D eigenvalue weighted by Gasteiger charge is 2.05. The van der Waals surface area contributed by atoms with Crippen LogP contribution in [0.5, 0.6) is 0 Å². The number of hydrogen-bond acceptors (Lipinski definition) is 4. The lowest BCUT2D eigenvalue weighted by molar-refractivity contribution is 0.386. The fourth-order valence-corrected chi connectivity index (χ4v) is 2.00. The van der Waals surface area contributed by atoms with Crippen molar-refractivity contribution in [2.75, 3.05) is 0 Å². The molecular formula is C10H8ClFN2OS. The molecule has 3 nitrogen and oxygen atoms in total. The third-order valence-electron chi connectivity index (χ3n) is 1.79. The normalized spacial score (nSPS) is 10.6. The Balaban J connectivity index is 1.96. The van der Waals surface area contributed by atoms with E-state index < -0.39 is 0 Å². The summed E-state index contributed by atoms with van der Waals surface area (Å²) in [5.41, 5.74) is 0. The van der Waals surface area contributed by atoms with Crippen LogP contribution in [0.3, 0.4) is 0 Å². The van der Waals surface area contributed by atoms with Gasteiger partial charge in [0.2, 0.25) is 5.89 Å². The van der Waals surface area contributed by atoms with Crippen molar-refractivity contribution in [1.82, 2.24) is 10.1 Å². The van der Waals surface area contributed by atoms with Gasteiger partial charge in [-0.1, -0.05) is 11.2 Å². The van der Waals surface area contributed by atoms with Gasteiger partial charge in [0.05, 0.1) is 5.75 Å². The van der Waals surface area contributed by atoms with Crippen molar-refractivity contribution in [2.24, 2.45) is 0 Å². The Morgan fingerprint density at radius 1 is 1.44 bits per heavy atom. The van der Waals surface area contributed by atoms with Crippen LogP contribution in [0, 0.1) is 5.82 Å². The molecule has 84 valence electrons. The molecule has 0 saturated heterocycles. The number of thioether (sulfide) groups is 1. The van der Waals surface area contributed by atoms with E-state index in [9.17, 15) is 4.39 Å². The second kappa shape index (κ2) is 5.32. The summed E-state index contributed by atoms with van der Waals surface area (Å²) < 4.78 is 17.7. The summed E-state index contributed by atoms with van der Waals surface area (Å²) in [6, 6.07) is 6.37. The van der Waals surface area contributed by atoms with Crippen molar-refractivity contribution in [1.29, 1.82) is 0 Å². The Bertz CT molecular complexity index is 477. The maximum absolute atomic E-state index is 12.9. The molecule has 16 heavy (non-hydrogen) atoms. The quantitative estimate of drug-likeness (QED) is 0.623. The van der Waals surface area contributed by atoms with E-state index >= 15 is 0 Å². The van der Waals surface area contributed by atoms with Gasteiger partial charge in [-0.15, -0.1) is 23.4 Å². The molecule has 1 aromatic carbocycles. The van der Waals surface area contributed by atoms with Crippen LogP contribution < -0.4 is 0 Å². The lowest BCUT2D eigenvalue weighted by atomic mass is 10.4. The van der Waals surface area contributed by atoms with Gasteiger partial charge in [-0.05, 0) is 18.2 Å². The van der Waals surface area contributed by atoms with E-state index in [1.165, 1.54) is 23.9 Å². The van der Waals surface area contributed by atoms with Gasteiger partial charge < -0.3 is 4.52 Å². The van der Waals surface area contributed by atoms with E-state index in [2.05, 4.69) is 10.1 Å². The van der Waals surface area contributed by atoms with Crippen molar-refractivity contribution >= 4 is 23.4 Å². The van der Waals surface area contributed by atoms with Crippen LogP contribution in [0.15, 0.2) is 33.7 Å². The minimum absolute atomic E-state index is 0.206. The van der Waals surface area contributed by atoms with Crippen LogP contribution in [-0.2, 0) is 11.6 Å². The van der Waals surface area contributed by atoms with Gasteiger partial charge >= 0.3 is 0 Å². The maximum Gasteiger partial charge on any atom is 0.241 e. The molecule has 0 bridgehead atoms. The standard InChI is InChI=1S/C10H8ClFN2OS/c11-5-10-13-9(14-15-10)6-16-8-3-1-2-7(12)4-8/h1-4H,5-6H2. The van der Waals surface area contributed by atoms with Crippen LogP contribution >= 0.6 is 23.4 Å². The van der Waals surface area contributed by atoms with Crippen LogP contribution in [0.25, 0.3) is 0 Å². The van der Waals surface area contributed by atoms with E-state index in [4.69, 9.17) is 16.1 Å². The molecule has 6 heteroatoms. The third-order valence-corrected chi connectivity index (χ3v) is 3.01. The lowest BCUT2D eigenvalue weighted by Crippen LogP contribution is -1.85. The van der Waals surface area contributed by atoms with Gasteiger partial charge in [0, 0.05) is 4.90 Å². The summed E-state index contributed by atoms with van der Waals surface area (Å²) >= 11 is 6.97. The molecule has 0 saturated carbocycles. The molecule has 2 aromatic rings. The summed E-state index contributed by atoms with van der Waals surface area (Å²) in [7, 11) is 0. The average molecular weight is 259 g/mol. The molecule has 0 aliphatic carbocycles. The van der Waals surface area contributed by atoms with Gasteiger partial charge in [0.25, 0.3) is 0 Å². The predicted octanol–water partition coefficient (Wildman–Crippen LogP) is 3.24. The smallest absolute Gasteiger partial charge is 0.241 e. The molecule has 0 radical (unpaired) electrons. The number of halogens is 2. The summed E-state index contributed by atoms with van der Waals surface area (Å²) in [4.78, 5) is 4.87. The minimum Gasteiger partial charge on any atom is -0.338 e. The number of rotatable bonds is 4. The topological polar surface area (TPSA) is 38.9 Å². The molecule has 1 aromatic heterocycles. The van der Waals surface area contributed by atoms with Crippen molar-refractivity contribution in [3.63, 3.8) is 0 Å². The number of nitrogens with zero attached hydrogens (tertiary/aromatic N) is 2. The molecule has 1 heterocycles. The molecule has 0 spiro atoms. The van der Waals surface area contributed by atoms with Gasteiger partial charge in [-0.25, -0.2) is 4.39 Å². The number of alkyl halides is 1. The van der Waals surface area contributed by atoms with E-state index in [0.29, 0.717) is 17.5 Å². The van der Waals surface area contributed by atoms with Gasteiger partial charge in [0.1, 0.15) is 11.7 Å². The largest absolute Gasteiger partial charge is 0.338 e. The van der Waals surface area contributed by atoms with Crippen molar-refractivity contribution in [2.45, 2.75) is 16.5 Å². The molecule has 0 N–H and O–H groups in total. The first-order valence-electron chi connectivity index (χ1n) is 4.54. The molecule has 0 aliphatic heterocycles. The van der Waals surface area contributed by atoms with Crippen molar-refractivity contribution in [3.8, 4) is 0 Å². The molecule has 0 atom stereocenters. The van der Waals surface area contributed by atoms with Crippen molar-refractivity contribution in [3.05, 3.63) is 41.8 Å². The number of hydrogen-bond donors (Lipinski definition) is 0. The lowest BCUT2D eigenvalue weighted by Gasteiger charge is -1.97. The summed E-state index contributed by atoms with van der Waals surface area (Å²) in [5.74, 6) is 1.45. The number of benzene rings is 1. The Hall–Kier alpha value is -1.07. The molecular weight excluding hydrogens is 251 g/mol. The van der Waals surface area contributed by atoms with Crippen LogP contribution in [0.2, 0.25) is 0 Å². The first-order chi connectivity index (χ1) is 7.78. The second-order valence-electron chi connectivity index (χ2n) is 2.98. The minimum atomic E-state index is -0.250. The fourth-order valence-electron chi connectivity index (χ4n) is 1.11. The van der Waals surface area contributed by atoms with E-state index in [0.717, 1.165) is 4.90 Å². The highest BCUT2D eigenvalue weighted by atomic mass is 35.5. The Morgan fingerprint density at radius 3 is 3.00 bits per heavy atom. The number of aromatic nitrogens is 2. The monoisotopic (exact) mass is 258 g/mol. The Kier molecular flexibility index (Phi) is 3.79. The van der Waals surface area contributed by atoms with Gasteiger partial charge in [0.15, 0.2) is 5.82 Å². The Morgan fingerprint density at radius 2 is 2.31 bits per heavy atom.